The monoisotopic (exact) mass is 391 g/mol. The Morgan fingerprint density at radius 3 is 2.54 bits per heavy atom. The van der Waals surface area contributed by atoms with Gasteiger partial charge in [-0.2, -0.15) is 0 Å². The Morgan fingerprint density at radius 1 is 1.14 bits per heavy atom. The van der Waals surface area contributed by atoms with Gasteiger partial charge in [-0.1, -0.05) is 5.16 Å². The molecule has 1 aliphatic heterocycles. The molecule has 1 heterocycles. The van der Waals surface area contributed by atoms with Crippen LogP contribution in [0.2, 0.25) is 0 Å². The zero-order chi connectivity index (χ0) is 20.1. The first-order valence-corrected chi connectivity index (χ1v) is 9.26. The van der Waals surface area contributed by atoms with E-state index >= 15 is 0 Å². The zero-order valence-electron chi connectivity index (χ0n) is 16.4. The number of nitrogens with zero attached hydrogens (tertiary/aromatic N) is 1. The maximum Gasteiger partial charge on any atom is 0.354 e. The number of rotatable bonds is 7. The van der Waals surface area contributed by atoms with Crippen LogP contribution >= 0.6 is 0 Å². The third-order valence-corrected chi connectivity index (χ3v) is 5.09. The summed E-state index contributed by atoms with van der Waals surface area (Å²) in [5.41, 5.74) is -0.276. The summed E-state index contributed by atoms with van der Waals surface area (Å²) in [6, 6.07) is 5.43. The lowest BCUT2D eigenvalue weighted by atomic mass is 9.91. The van der Waals surface area contributed by atoms with Crippen molar-refractivity contribution < 1.29 is 33.4 Å². The first-order valence-electron chi connectivity index (χ1n) is 9.26. The SMILES string of the molecule is COC(=O)C[C@]1(C(=O)OC)CC(c2ccc(OC)c(OC3CCCC3)c2)=NO1. The van der Waals surface area contributed by atoms with Crippen molar-refractivity contribution in [2.45, 2.75) is 50.2 Å². The van der Waals surface area contributed by atoms with Gasteiger partial charge in [0.25, 0.3) is 0 Å². The lowest BCUT2D eigenvalue weighted by Gasteiger charge is -2.22. The molecular weight excluding hydrogens is 366 g/mol. The molecule has 2 aliphatic rings. The van der Waals surface area contributed by atoms with Crippen LogP contribution in [0.3, 0.4) is 0 Å². The van der Waals surface area contributed by atoms with Crippen molar-refractivity contribution in [1.29, 1.82) is 0 Å². The van der Waals surface area contributed by atoms with Gasteiger partial charge in [-0.25, -0.2) is 4.79 Å². The quantitative estimate of drug-likeness (QED) is 0.660. The number of ether oxygens (including phenoxy) is 4. The molecule has 0 N–H and O–H groups in total. The smallest absolute Gasteiger partial charge is 0.354 e. The zero-order valence-corrected chi connectivity index (χ0v) is 16.4. The van der Waals surface area contributed by atoms with Crippen LogP contribution in [0.1, 0.15) is 44.1 Å². The van der Waals surface area contributed by atoms with Crippen LogP contribution in [0.25, 0.3) is 0 Å². The molecule has 8 heteroatoms. The van der Waals surface area contributed by atoms with E-state index in [2.05, 4.69) is 9.89 Å². The summed E-state index contributed by atoms with van der Waals surface area (Å²) in [6.07, 6.45) is 4.31. The summed E-state index contributed by atoms with van der Waals surface area (Å²) in [7, 11) is 4.08. The Bertz CT molecular complexity index is 770. The average Bonchev–Trinajstić information content (AvgIpc) is 3.38. The molecule has 8 nitrogen and oxygen atoms in total. The van der Waals surface area contributed by atoms with Gasteiger partial charge in [-0.3, -0.25) is 4.79 Å². The van der Waals surface area contributed by atoms with Crippen LogP contribution in [0.4, 0.5) is 0 Å². The van der Waals surface area contributed by atoms with Gasteiger partial charge in [0.05, 0.1) is 39.6 Å². The average molecular weight is 391 g/mol. The van der Waals surface area contributed by atoms with E-state index in [9.17, 15) is 9.59 Å². The molecule has 1 saturated carbocycles. The molecular formula is C20H25NO7. The van der Waals surface area contributed by atoms with Gasteiger partial charge in [-0.05, 0) is 43.9 Å². The minimum Gasteiger partial charge on any atom is -0.493 e. The molecule has 0 saturated heterocycles. The van der Waals surface area contributed by atoms with Crippen LogP contribution in [0, 0.1) is 0 Å². The van der Waals surface area contributed by atoms with Gasteiger partial charge in [-0.15, -0.1) is 0 Å². The Kier molecular flexibility index (Phi) is 6.06. The minimum absolute atomic E-state index is 0.0873. The van der Waals surface area contributed by atoms with Gasteiger partial charge in [0, 0.05) is 12.0 Å². The number of esters is 2. The summed E-state index contributed by atoms with van der Waals surface area (Å²) < 4.78 is 21.0. The lowest BCUT2D eigenvalue weighted by Crippen LogP contribution is -2.42. The van der Waals surface area contributed by atoms with Gasteiger partial charge in [0.1, 0.15) is 0 Å². The predicted molar refractivity (Wildman–Crippen MR) is 99.5 cm³/mol. The van der Waals surface area contributed by atoms with Crippen LogP contribution < -0.4 is 9.47 Å². The Morgan fingerprint density at radius 2 is 1.89 bits per heavy atom. The summed E-state index contributed by atoms with van der Waals surface area (Å²) in [4.78, 5) is 29.5. The van der Waals surface area contributed by atoms with Crippen LogP contribution in [0.15, 0.2) is 23.4 Å². The fourth-order valence-corrected chi connectivity index (χ4v) is 3.53. The highest BCUT2D eigenvalue weighted by Crippen LogP contribution is 2.36. The lowest BCUT2D eigenvalue weighted by molar-refractivity contribution is -0.173. The minimum atomic E-state index is -1.52. The second kappa shape index (κ2) is 8.50. The van der Waals surface area contributed by atoms with Crippen molar-refractivity contribution in [2.75, 3.05) is 21.3 Å². The number of methoxy groups -OCH3 is 3. The van der Waals surface area contributed by atoms with E-state index in [-0.39, 0.29) is 18.9 Å². The number of carbonyl (C=O) groups excluding carboxylic acids is 2. The molecule has 3 rings (SSSR count). The van der Waals surface area contributed by atoms with E-state index in [1.54, 1.807) is 13.2 Å². The second-order valence-electron chi connectivity index (χ2n) is 6.93. The topological polar surface area (TPSA) is 92.7 Å². The molecule has 0 spiro atoms. The first kappa shape index (κ1) is 20.0. The van der Waals surface area contributed by atoms with E-state index < -0.39 is 17.5 Å². The number of benzene rings is 1. The number of hydrogen-bond acceptors (Lipinski definition) is 8. The third-order valence-electron chi connectivity index (χ3n) is 5.09. The van der Waals surface area contributed by atoms with E-state index in [1.165, 1.54) is 14.2 Å². The summed E-state index contributed by atoms with van der Waals surface area (Å²) in [5.74, 6) is -0.00322. The molecule has 28 heavy (non-hydrogen) atoms. The predicted octanol–water partition coefficient (Wildman–Crippen LogP) is 2.62. The number of hydrogen-bond donors (Lipinski definition) is 0. The Labute approximate surface area is 163 Å². The van der Waals surface area contributed by atoms with E-state index in [1.807, 2.05) is 12.1 Å². The fraction of sp³-hybridized carbons (Fsp3) is 0.550. The van der Waals surface area contributed by atoms with Crippen LogP contribution in [0.5, 0.6) is 11.5 Å². The van der Waals surface area contributed by atoms with E-state index in [0.717, 1.165) is 31.2 Å². The van der Waals surface area contributed by atoms with E-state index in [4.69, 9.17) is 19.0 Å². The Balaban J connectivity index is 1.83. The number of carbonyl (C=O) groups is 2. The number of oxime groups is 1. The molecule has 1 aliphatic carbocycles. The van der Waals surface area contributed by atoms with Crippen molar-refractivity contribution in [3.8, 4) is 11.5 Å². The van der Waals surface area contributed by atoms with Crippen LogP contribution in [-0.4, -0.2) is 50.7 Å². The highest BCUT2D eigenvalue weighted by Gasteiger charge is 2.50. The molecule has 0 bridgehead atoms. The van der Waals surface area contributed by atoms with E-state index in [0.29, 0.717) is 17.2 Å². The highest BCUT2D eigenvalue weighted by atomic mass is 16.7. The highest BCUT2D eigenvalue weighted by molar-refractivity contribution is 6.06. The summed E-state index contributed by atoms with van der Waals surface area (Å²) in [5, 5.41) is 4.06. The van der Waals surface area contributed by atoms with Crippen molar-refractivity contribution >= 4 is 17.7 Å². The van der Waals surface area contributed by atoms with Gasteiger partial charge in [0.15, 0.2) is 11.5 Å². The molecule has 0 unspecified atom stereocenters. The first-order chi connectivity index (χ1) is 13.5. The second-order valence-corrected chi connectivity index (χ2v) is 6.93. The molecule has 0 aromatic heterocycles. The van der Waals surface area contributed by atoms with Crippen molar-refractivity contribution in [1.82, 2.24) is 0 Å². The normalized spacial score (nSPS) is 21.6. The molecule has 152 valence electrons. The fourth-order valence-electron chi connectivity index (χ4n) is 3.53. The maximum absolute atomic E-state index is 12.3. The standard InChI is InChI=1S/C20H25NO7/c1-24-16-9-8-13(10-17(16)27-14-6-4-5-7-14)15-11-20(28-21-15,19(23)26-3)12-18(22)25-2/h8-10,14H,4-7,11-12H2,1-3H3/t20-/m0/s1. The van der Waals surface area contributed by atoms with Gasteiger partial charge in [0.2, 0.25) is 5.60 Å². The molecule has 0 amide bonds. The maximum atomic E-state index is 12.3. The van der Waals surface area contributed by atoms with Gasteiger partial charge < -0.3 is 23.8 Å². The largest absolute Gasteiger partial charge is 0.493 e. The van der Waals surface area contributed by atoms with Gasteiger partial charge >= 0.3 is 11.9 Å². The summed E-state index contributed by atoms with van der Waals surface area (Å²) >= 11 is 0. The molecule has 1 aromatic rings. The molecule has 1 atom stereocenters. The molecule has 1 fully saturated rings. The Hall–Kier alpha value is -2.77. The molecule has 1 aromatic carbocycles. The third kappa shape index (κ3) is 4.05. The van der Waals surface area contributed by atoms with Crippen molar-refractivity contribution in [3.05, 3.63) is 23.8 Å². The van der Waals surface area contributed by atoms with Crippen molar-refractivity contribution in [3.63, 3.8) is 0 Å². The summed E-state index contributed by atoms with van der Waals surface area (Å²) in [6.45, 7) is 0. The van der Waals surface area contributed by atoms with Crippen molar-refractivity contribution in [2.24, 2.45) is 5.16 Å². The van der Waals surface area contributed by atoms with Crippen LogP contribution in [-0.2, 0) is 23.9 Å². The molecule has 0 radical (unpaired) electrons.